The van der Waals surface area contributed by atoms with Gasteiger partial charge in [0.15, 0.2) is 17.0 Å². The van der Waals surface area contributed by atoms with E-state index < -0.39 is 23.3 Å². The highest BCUT2D eigenvalue weighted by Gasteiger charge is 2.36. The molecule has 0 saturated heterocycles. The minimum absolute atomic E-state index is 0.0474. The predicted octanol–water partition coefficient (Wildman–Crippen LogP) is 6.01. The third-order valence-electron chi connectivity index (χ3n) is 4.51. The summed E-state index contributed by atoms with van der Waals surface area (Å²) in [5, 5.41) is 7.23. The molecule has 0 fully saturated rings. The fourth-order valence-electron chi connectivity index (χ4n) is 3.80. The lowest BCUT2D eigenvalue weighted by molar-refractivity contribution is -0.142. The average molecular weight is 453 g/mol. The number of nitrogens with zero attached hydrogens (tertiary/aromatic N) is 3. The molecule has 0 atom stereocenters. The number of benzene rings is 1. The zero-order valence-corrected chi connectivity index (χ0v) is 18.7. The number of rotatable bonds is 4. The lowest BCUT2D eigenvalue weighted by atomic mass is 9.82. The van der Waals surface area contributed by atoms with Gasteiger partial charge in [-0.05, 0) is 43.9 Å². The average Bonchev–Trinajstić information content (AvgIpc) is 3.02. The van der Waals surface area contributed by atoms with Crippen LogP contribution in [0.25, 0.3) is 16.9 Å². The second kappa shape index (κ2) is 7.82. The number of alkyl halides is 3. The van der Waals surface area contributed by atoms with E-state index in [1.165, 1.54) is 6.07 Å². The molecule has 1 amide bonds. The maximum atomic E-state index is 13.7. The molecule has 2 aromatic heterocycles. The quantitative estimate of drug-likeness (QED) is 0.527. The van der Waals surface area contributed by atoms with Gasteiger partial charge in [-0.1, -0.05) is 44.5 Å². The molecule has 166 valence electrons. The highest BCUT2D eigenvalue weighted by molar-refractivity contribution is 6.30. The normalized spacial score (nSPS) is 12.9. The number of amides is 1. The number of hydrogen-bond donors (Lipinski definition) is 1. The van der Waals surface area contributed by atoms with E-state index in [1.54, 1.807) is 24.3 Å². The van der Waals surface area contributed by atoms with Crippen molar-refractivity contribution in [3.05, 3.63) is 52.8 Å². The number of fused-ring (bicyclic) bond motifs is 1. The van der Waals surface area contributed by atoms with Crippen LogP contribution in [0.2, 0.25) is 5.02 Å². The molecule has 0 unspecified atom stereocenters. The monoisotopic (exact) mass is 452 g/mol. The van der Waals surface area contributed by atoms with Crippen molar-refractivity contribution in [3.8, 4) is 11.3 Å². The topological polar surface area (TPSA) is 59.3 Å². The maximum Gasteiger partial charge on any atom is 0.433 e. The molecule has 0 aliphatic heterocycles. The predicted molar refractivity (Wildman–Crippen MR) is 114 cm³/mol. The van der Waals surface area contributed by atoms with Crippen molar-refractivity contribution < 1.29 is 18.0 Å². The Balaban J connectivity index is 2.04. The minimum atomic E-state index is -4.69. The summed E-state index contributed by atoms with van der Waals surface area (Å²) in [6.45, 7) is 9.87. The van der Waals surface area contributed by atoms with Crippen LogP contribution in [0.4, 0.5) is 13.2 Å². The molecular weight excluding hydrogens is 429 g/mol. The maximum absolute atomic E-state index is 13.7. The summed E-state index contributed by atoms with van der Waals surface area (Å²) in [7, 11) is 0. The first-order chi connectivity index (χ1) is 14.1. The van der Waals surface area contributed by atoms with Gasteiger partial charge in [0.25, 0.3) is 5.91 Å². The fourth-order valence-corrected chi connectivity index (χ4v) is 3.92. The zero-order chi connectivity index (χ0) is 23.2. The van der Waals surface area contributed by atoms with Crippen molar-refractivity contribution in [3.63, 3.8) is 0 Å². The van der Waals surface area contributed by atoms with Crippen LogP contribution in [0.1, 0.15) is 57.2 Å². The van der Waals surface area contributed by atoms with Gasteiger partial charge in [0, 0.05) is 22.2 Å². The highest BCUT2D eigenvalue weighted by Crippen LogP contribution is 2.33. The van der Waals surface area contributed by atoms with Crippen molar-refractivity contribution in [2.45, 2.75) is 52.8 Å². The van der Waals surface area contributed by atoms with Crippen molar-refractivity contribution in [1.29, 1.82) is 0 Å². The van der Waals surface area contributed by atoms with E-state index in [1.807, 2.05) is 34.6 Å². The molecule has 0 saturated carbocycles. The number of hydrogen-bond acceptors (Lipinski definition) is 3. The van der Waals surface area contributed by atoms with E-state index in [0.29, 0.717) is 21.5 Å². The van der Waals surface area contributed by atoms with Gasteiger partial charge in [0.2, 0.25) is 0 Å². The van der Waals surface area contributed by atoms with Gasteiger partial charge in [-0.15, -0.1) is 0 Å². The highest BCUT2D eigenvalue weighted by atomic mass is 35.5. The van der Waals surface area contributed by atoms with Gasteiger partial charge in [0.05, 0.1) is 5.69 Å². The van der Waals surface area contributed by atoms with Crippen LogP contribution in [-0.4, -0.2) is 26.0 Å². The molecule has 9 heteroatoms. The lowest BCUT2D eigenvalue weighted by Crippen LogP contribution is -2.46. The summed E-state index contributed by atoms with van der Waals surface area (Å²) in [6.07, 6.45) is -4.01. The van der Waals surface area contributed by atoms with Crippen LogP contribution in [0.3, 0.4) is 0 Å². The molecule has 0 radical (unpaired) electrons. The minimum Gasteiger partial charge on any atom is -0.346 e. The Morgan fingerprint density at radius 3 is 2.23 bits per heavy atom. The van der Waals surface area contributed by atoms with Gasteiger partial charge < -0.3 is 5.32 Å². The largest absolute Gasteiger partial charge is 0.433 e. The third-order valence-corrected chi connectivity index (χ3v) is 4.77. The van der Waals surface area contributed by atoms with Crippen LogP contribution in [0, 0.1) is 5.41 Å². The summed E-state index contributed by atoms with van der Waals surface area (Å²) in [6, 6.07) is 8.48. The van der Waals surface area contributed by atoms with Crippen LogP contribution < -0.4 is 5.32 Å². The number of aromatic nitrogens is 3. The van der Waals surface area contributed by atoms with Crippen molar-refractivity contribution >= 4 is 23.2 Å². The molecule has 1 N–H and O–H groups in total. The van der Waals surface area contributed by atoms with E-state index in [4.69, 9.17) is 11.6 Å². The smallest absolute Gasteiger partial charge is 0.346 e. The Labute approximate surface area is 183 Å². The summed E-state index contributed by atoms with van der Waals surface area (Å²) < 4.78 is 41.9. The second-order valence-electron chi connectivity index (χ2n) is 9.41. The first-order valence-corrected chi connectivity index (χ1v) is 10.1. The number of carbonyl (C=O) groups is 1. The molecule has 3 aromatic rings. The number of halogens is 4. The fraction of sp³-hybridized carbons (Fsp3) is 0.409. The van der Waals surface area contributed by atoms with E-state index in [0.717, 1.165) is 6.07 Å². The molecule has 1 aromatic carbocycles. The third kappa shape index (κ3) is 5.55. The molecule has 2 heterocycles. The standard InChI is InChI=1S/C22H24ClF3N4O/c1-20(2,3)12-21(4,5)28-19(31)16-11-18-27-15(13-6-8-14(23)9-7-13)10-17(22(24,25)26)30(18)29-16/h6-11H,12H2,1-5H3,(H,28,31). The lowest BCUT2D eigenvalue weighted by Gasteiger charge is -2.33. The Hall–Kier alpha value is -2.61. The zero-order valence-electron chi connectivity index (χ0n) is 17.9. The van der Waals surface area contributed by atoms with Crippen molar-refractivity contribution in [2.24, 2.45) is 5.41 Å². The summed E-state index contributed by atoms with van der Waals surface area (Å²) in [5.41, 5.74) is -1.26. The molecule has 3 rings (SSSR count). The Kier molecular flexibility index (Phi) is 5.82. The summed E-state index contributed by atoms with van der Waals surface area (Å²) in [4.78, 5) is 17.0. The summed E-state index contributed by atoms with van der Waals surface area (Å²) in [5.74, 6) is -0.555. The van der Waals surface area contributed by atoms with Gasteiger partial charge in [-0.2, -0.15) is 18.3 Å². The van der Waals surface area contributed by atoms with Crippen molar-refractivity contribution in [2.75, 3.05) is 0 Å². The molecular formula is C22H24ClF3N4O. The number of nitrogens with one attached hydrogen (secondary N) is 1. The first-order valence-electron chi connectivity index (χ1n) is 9.71. The number of carbonyl (C=O) groups excluding carboxylic acids is 1. The van der Waals surface area contributed by atoms with E-state index >= 15 is 0 Å². The molecule has 5 nitrogen and oxygen atoms in total. The van der Waals surface area contributed by atoms with E-state index in [-0.39, 0.29) is 22.5 Å². The van der Waals surface area contributed by atoms with Gasteiger partial charge in [-0.3, -0.25) is 4.79 Å². The van der Waals surface area contributed by atoms with Gasteiger partial charge in [-0.25, -0.2) is 9.50 Å². The first kappa shape index (κ1) is 23.1. The Morgan fingerprint density at radius 2 is 1.68 bits per heavy atom. The van der Waals surface area contributed by atoms with E-state index in [2.05, 4.69) is 15.4 Å². The SMILES string of the molecule is CC(C)(C)CC(C)(C)NC(=O)c1cc2nc(-c3ccc(Cl)cc3)cc(C(F)(F)F)n2n1. The molecule has 0 aliphatic carbocycles. The van der Waals surface area contributed by atoms with Gasteiger partial charge >= 0.3 is 6.18 Å². The Morgan fingerprint density at radius 1 is 1.06 bits per heavy atom. The van der Waals surface area contributed by atoms with Crippen molar-refractivity contribution in [1.82, 2.24) is 19.9 Å². The molecule has 0 bridgehead atoms. The molecule has 0 aliphatic rings. The Bertz CT molecular complexity index is 1110. The van der Waals surface area contributed by atoms with Crippen LogP contribution in [0.5, 0.6) is 0 Å². The van der Waals surface area contributed by atoms with E-state index in [9.17, 15) is 18.0 Å². The molecule has 31 heavy (non-hydrogen) atoms. The van der Waals surface area contributed by atoms with Crippen LogP contribution in [0.15, 0.2) is 36.4 Å². The molecule has 0 spiro atoms. The summed E-state index contributed by atoms with van der Waals surface area (Å²) >= 11 is 5.87. The van der Waals surface area contributed by atoms with Crippen LogP contribution >= 0.6 is 11.6 Å². The van der Waals surface area contributed by atoms with Crippen LogP contribution in [-0.2, 0) is 6.18 Å². The van der Waals surface area contributed by atoms with Gasteiger partial charge in [0.1, 0.15) is 0 Å². The second-order valence-corrected chi connectivity index (χ2v) is 9.84.